The number of phenolic OH excluding ortho intramolecular Hbond substituents is 1. The zero-order valence-corrected chi connectivity index (χ0v) is 14.4. The van der Waals surface area contributed by atoms with Crippen molar-refractivity contribution in [2.75, 3.05) is 32.8 Å². The van der Waals surface area contributed by atoms with Crippen LogP contribution in [-0.2, 0) is 16.1 Å². The molecular formula is C20H25N2O3+. The van der Waals surface area contributed by atoms with Gasteiger partial charge in [-0.05, 0) is 29.7 Å². The topological polar surface area (TPSA) is 54.2 Å². The molecule has 0 saturated carbocycles. The molecule has 2 N–H and O–H groups in total. The number of phenols is 1. The fraction of sp³-hybridized carbons (Fsp3) is 0.450. The van der Waals surface area contributed by atoms with Crippen LogP contribution in [0.25, 0.3) is 10.8 Å². The highest BCUT2D eigenvalue weighted by molar-refractivity contribution is 5.87. The molecule has 2 aliphatic rings. The third-order valence-corrected chi connectivity index (χ3v) is 5.43. The monoisotopic (exact) mass is 341 g/mol. The highest BCUT2D eigenvalue weighted by Crippen LogP contribution is 2.26. The van der Waals surface area contributed by atoms with E-state index < -0.39 is 0 Å². The first-order chi connectivity index (χ1) is 12.2. The van der Waals surface area contributed by atoms with Crippen molar-refractivity contribution in [1.29, 1.82) is 0 Å². The largest absolute Gasteiger partial charge is 0.507 e. The Hall–Kier alpha value is -2.11. The van der Waals surface area contributed by atoms with Crippen LogP contribution < -0.4 is 4.90 Å². The molecule has 1 amide bonds. The standard InChI is InChI=1S/C20H24N2O3/c23-18-8-7-15-4-1-2-5-16(15)17(18)14-21-9-11-22(12-10-21)20(24)19-6-3-13-25-19/h1-2,4-5,7-8,19,23H,3,6,9-14H2/p+1/t19-/m1/s1. The second-order valence-corrected chi connectivity index (χ2v) is 7.04. The van der Waals surface area contributed by atoms with E-state index in [1.54, 1.807) is 6.07 Å². The second-order valence-electron chi connectivity index (χ2n) is 7.04. The van der Waals surface area contributed by atoms with Gasteiger partial charge in [-0.1, -0.05) is 30.3 Å². The van der Waals surface area contributed by atoms with Crippen LogP contribution in [0, 0.1) is 0 Å². The molecule has 2 aliphatic heterocycles. The summed E-state index contributed by atoms with van der Waals surface area (Å²) >= 11 is 0. The van der Waals surface area contributed by atoms with Gasteiger partial charge in [0.05, 0.1) is 31.7 Å². The van der Waals surface area contributed by atoms with Crippen LogP contribution >= 0.6 is 0 Å². The fourth-order valence-corrected chi connectivity index (χ4v) is 3.96. The van der Waals surface area contributed by atoms with E-state index in [0.29, 0.717) is 12.4 Å². The molecule has 2 aromatic rings. The lowest BCUT2D eigenvalue weighted by molar-refractivity contribution is -0.917. The summed E-state index contributed by atoms with van der Waals surface area (Å²) in [6.45, 7) is 4.83. The Morgan fingerprint density at radius 3 is 2.76 bits per heavy atom. The van der Waals surface area contributed by atoms with E-state index in [-0.39, 0.29) is 12.0 Å². The van der Waals surface area contributed by atoms with E-state index in [2.05, 4.69) is 12.1 Å². The SMILES string of the molecule is O=C([C@H]1CCCO1)N1CC[NH+](Cc2c(O)ccc3ccccc23)CC1. The van der Waals surface area contributed by atoms with Crippen molar-refractivity contribution in [2.24, 2.45) is 0 Å². The molecule has 2 fully saturated rings. The number of ether oxygens (including phenoxy) is 1. The van der Waals surface area contributed by atoms with E-state index in [0.717, 1.165) is 61.9 Å². The average molecular weight is 341 g/mol. The molecule has 2 aromatic carbocycles. The van der Waals surface area contributed by atoms with E-state index in [9.17, 15) is 9.90 Å². The molecule has 0 bridgehead atoms. The van der Waals surface area contributed by atoms with E-state index in [4.69, 9.17) is 4.74 Å². The number of hydrogen-bond acceptors (Lipinski definition) is 3. The molecule has 0 aliphatic carbocycles. The van der Waals surface area contributed by atoms with Gasteiger partial charge in [0.15, 0.2) is 0 Å². The molecule has 5 nitrogen and oxygen atoms in total. The fourth-order valence-electron chi connectivity index (χ4n) is 3.96. The van der Waals surface area contributed by atoms with Crippen LogP contribution in [-0.4, -0.2) is 54.8 Å². The number of piperazine rings is 1. The zero-order chi connectivity index (χ0) is 17.2. The Morgan fingerprint density at radius 2 is 2.00 bits per heavy atom. The van der Waals surface area contributed by atoms with E-state index in [1.165, 1.54) is 4.90 Å². The molecule has 1 atom stereocenters. The van der Waals surface area contributed by atoms with Gasteiger partial charge in [-0.15, -0.1) is 0 Å². The van der Waals surface area contributed by atoms with Crippen molar-refractivity contribution in [3.05, 3.63) is 42.0 Å². The number of carbonyl (C=O) groups excluding carboxylic acids is 1. The third kappa shape index (κ3) is 3.34. The van der Waals surface area contributed by atoms with Crippen LogP contribution in [0.2, 0.25) is 0 Å². The molecule has 4 rings (SSSR count). The minimum absolute atomic E-state index is 0.157. The first-order valence-electron chi connectivity index (χ1n) is 9.16. The van der Waals surface area contributed by atoms with E-state index in [1.807, 2.05) is 23.1 Å². The zero-order valence-electron chi connectivity index (χ0n) is 14.4. The third-order valence-electron chi connectivity index (χ3n) is 5.43. The molecule has 0 aromatic heterocycles. The first-order valence-corrected chi connectivity index (χ1v) is 9.16. The summed E-state index contributed by atoms with van der Waals surface area (Å²) < 4.78 is 5.52. The maximum atomic E-state index is 12.4. The molecule has 132 valence electrons. The summed E-state index contributed by atoms with van der Waals surface area (Å²) in [5, 5.41) is 12.6. The van der Waals surface area contributed by atoms with Gasteiger partial charge in [-0.25, -0.2) is 0 Å². The number of aromatic hydroxyl groups is 1. The number of nitrogens with one attached hydrogen (secondary N) is 1. The molecule has 5 heteroatoms. The maximum absolute atomic E-state index is 12.4. The van der Waals surface area contributed by atoms with Crippen molar-refractivity contribution >= 4 is 16.7 Å². The summed E-state index contributed by atoms with van der Waals surface area (Å²) in [6, 6.07) is 11.9. The lowest BCUT2D eigenvalue weighted by Crippen LogP contribution is -3.13. The first kappa shape index (κ1) is 16.4. The molecular weight excluding hydrogens is 316 g/mol. The Balaban J connectivity index is 1.42. The van der Waals surface area contributed by atoms with Crippen molar-refractivity contribution in [3.8, 4) is 5.75 Å². The lowest BCUT2D eigenvalue weighted by atomic mass is 10.0. The summed E-state index contributed by atoms with van der Waals surface area (Å²) in [7, 11) is 0. The van der Waals surface area contributed by atoms with Crippen molar-refractivity contribution < 1.29 is 19.5 Å². The number of fused-ring (bicyclic) bond motifs is 1. The minimum Gasteiger partial charge on any atom is -0.507 e. The second kappa shape index (κ2) is 7.02. The molecule has 0 radical (unpaired) electrons. The van der Waals surface area contributed by atoms with Gasteiger partial charge in [-0.2, -0.15) is 0 Å². The average Bonchev–Trinajstić information content (AvgIpc) is 3.19. The summed E-state index contributed by atoms with van der Waals surface area (Å²) in [5.74, 6) is 0.522. The number of rotatable bonds is 3. The number of carbonyl (C=O) groups is 1. The van der Waals surface area contributed by atoms with E-state index >= 15 is 0 Å². The van der Waals surface area contributed by atoms with Crippen molar-refractivity contribution in [2.45, 2.75) is 25.5 Å². The predicted octanol–water partition coefficient (Wildman–Crippen LogP) is 0.952. The van der Waals surface area contributed by atoms with Crippen LogP contribution in [0.1, 0.15) is 18.4 Å². The Morgan fingerprint density at radius 1 is 1.20 bits per heavy atom. The highest BCUT2D eigenvalue weighted by atomic mass is 16.5. The van der Waals surface area contributed by atoms with Gasteiger partial charge in [0.1, 0.15) is 18.4 Å². The number of benzene rings is 2. The lowest BCUT2D eigenvalue weighted by Gasteiger charge is -2.33. The quantitative estimate of drug-likeness (QED) is 0.874. The number of quaternary nitrogens is 1. The van der Waals surface area contributed by atoms with Crippen LogP contribution in [0.4, 0.5) is 0 Å². The smallest absolute Gasteiger partial charge is 0.252 e. The summed E-state index contributed by atoms with van der Waals surface area (Å²) in [4.78, 5) is 15.8. The van der Waals surface area contributed by atoms with Crippen LogP contribution in [0.15, 0.2) is 36.4 Å². The highest BCUT2D eigenvalue weighted by Gasteiger charge is 2.31. The Labute approximate surface area is 147 Å². The molecule has 2 heterocycles. The molecule has 0 spiro atoms. The summed E-state index contributed by atoms with van der Waals surface area (Å²) in [6.07, 6.45) is 1.63. The molecule has 25 heavy (non-hydrogen) atoms. The maximum Gasteiger partial charge on any atom is 0.252 e. The number of hydrogen-bond donors (Lipinski definition) is 2. The summed E-state index contributed by atoms with van der Waals surface area (Å²) in [5.41, 5.74) is 1.01. The van der Waals surface area contributed by atoms with Gasteiger partial charge >= 0.3 is 0 Å². The number of nitrogens with zero attached hydrogens (tertiary/aromatic N) is 1. The Bertz CT molecular complexity index is 763. The molecule has 2 saturated heterocycles. The van der Waals surface area contributed by atoms with Gasteiger partial charge < -0.3 is 19.6 Å². The predicted molar refractivity (Wildman–Crippen MR) is 95.6 cm³/mol. The van der Waals surface area contributed by atoms with Crippen molar-refractivity contribution in [1.82, 2.24) is 4.90 Å². The van der Waals surface area contributed by atoms with Crippen LogP contribution in [0.3, 0.4) is 0 Å². The minimum atomic E-state index is -0.219. The van der Waals surface area contributed by atoms with Gasteiger partial charge in [0.2, 0.25) is 0 Å². The van der Waals surface area contributed by atoms with Crippen molar-refractivity contribution in [3.63, 3.8) is 0 Å². The van der Waals surface area contributed by atoms with Gasteiger partial charge in [-0.3, -0.25) is 4.79 Å². The normalized spacial score (nSPS) is 21.8. The number of amides is 1. The van der Waals surface area contributed by atoms with Crippen LogP contribution in [0.5, 0.6) is 5.75 Å². The Kier molecular flexibility index (Phi) is 4.59. The van der Waals surface area contributed by atoms with Gasteiger partial charge in [0, 0.05) is 6.61 Å². The molecule has 0 unspecified atom stereocenters. The van der Waals surface area contributed by atoms with Gasteiger partial charge in [0.25, 0.3) is 5.91 Å².